The fourth-order valence-electron chi connectivity index (χ4n) is 2.47. The maximum Gasteiger partial charge on any atom is 0.313 e. The molecule has 0 aliphatic rings. The molecule has 8 nitrogen and oxygen atoms in total. The van der Waals surface area contributed by atoms with Gasteiger partial charge in [0.05, 0.1) is 23.3 Å². The van der Waals surface area contributed by atoms with Crippen LogP contribution in [0.15, 0.2) is 73.1 Å². The van der Waals surface area contributed by atoms with Gasteiger partial charge in [-0.1, -0.05) is 24.3 Å². The monoisotopic (exact) mass is 389 g/mol. The van der Waals surface area contributed by atoms with E-state index in [0.717, 1.165) is 5.56 Å². The Balaban J connectivity index is 1.52. The van der Waals surface area contributed by atoms with Crippen molar-refractivity contribution in [3.63, 3.8) is 0 Å². The van der Waals surface area contributed by atoms with Crippen LogP contribution in [0.5, 0.6) is 0 Å². The Kier molecular flexibility index (Phi) is 6.16. The lowest BCUT2D eigenvalue weighted by Gasteiger charge is -2.09. The number of carbonyl (C=O) groups is 3. The zero-order valence-electron chi connectivity index (χ0n) is 15.4. The van der Waals surface area contributed by atoms with Gasteiger partial charge in [0.25, 0.3) is 5.91 Å². The van der Waals surface area contributed by atoms with Crippen molar-refractivity contribution in [3.05, 3.63) is 84.2 Å². The normalized spacial score (nSPS) is 10.1. The van der Waals surface area contributed by atoms with Gasteiger partial charge in [0.1, 0.15) is 0 Å². The first-order chi connectivity index (χ1) is 14.0. The Morgan fingerprint density at radius 2 is 1.62 bits per heavy atom. The third-order valence-corrected chi connectivity index (χ3v) is 4.00. The van der Waals surface area contributed by atoms with Crippen molar-refractivity contribution in [2.75, 3.05) is 16.4 Å². The number of anilines is 3. The number of rotatable bonds is 5. The minimum atomic E-state index is -0.783. The van der Waals surface area contributed by atoms with E-state index in [2.05, 4.69) is 20.9 Å². The number of benzene rings is 2. The van der Waals surface area contributed by atoms with E-state index < -0.39 is 11.8 Å². The number of pyridine rings is 1. The van der Waals surface area contributed by atoms with Crippen molar-refractivity contribution in [2.24, 2.45) is 0 Å². The minimum Gasteiger partial charge on any atom is -0.397 e. The number of nitrogens with one attached hydrogen (secondary N) is 3. The fourth-order valence-corrected chi connectivity index (χ4v) is 2.47. The molecule has 8 heteroatoms. The van der Waals surface area contributed by atoms with Crippen LogP contribution in [0.2, 0.25) is 0 Å². The Bertz CT molecular complexity index is 1020. The molecule has 0 aliphatic heterocycles. The molecule has 1 heterocycles. The van der Waals surface area contributed by atoms with Gasteiger partial charge in [-0.2, -0.15) is 0 Å². The molecule has 3 aromatic rings. The SMILES string of the molecule is Nc1ccccc1NC(=O)c1ccc(CNC(=O)C(=O)Nc2cccnc2)cc1. The number of nitrogens with two attached hydrogens (primary N) is 1. The molecule has 0 bridgehead atoms. The van der Waals surface area contributed by atoms with Gasteiger partial charge in [-0.15, -0.1) is 0 Å². The highest BCUT2D eigenvalue weighted by Crippen LogP contribution is 2.18. The predicted molar refractivity (Wildman–Crippen MR) is 110 cm³/mol. The molecule has 5 N–H and O–H groups in total. The molecule has 29 heavy (non-hydrogen) atoms. The van der Waals surface area contributed by atoms with Crippen molar-refractivity contribution in [2.45, 2.75) is 6.54 Å². The van der Waals surface area contributed by atoms with Crippen LogP contribution < -0.4 is 21.7 Å². The van der Waals surface area contributed by atoms with Gasteiger partial charge in [0, 0.05) is 18.3 Å². The smallest absolute Gasteiger partial charge is 0.313 e. The largest absolute Gasteiger partial charge is 0.397 e. The van der Waals surface area contributed by atoms with Crippen LogP contribution in [0.4, 0.5) is 17.1 Å². The Labute approximate surface area is 167 Å². The van der Waals surface area contributed by atoms with Crippen LogP contribution in [0.3, 0.4) is 0 Å². The molecule has 0 spiro atoms. The van der Waals surface area contributed by atoms with E-state index in [9.17, 15) is 14.4 Å². The first-order valence-electron chi connectivity index (χ1n) is 8.77. The summed E-state index contributed by atoms with van der Waals surface area (Å²) < 4.78 is 0. The van der Waals surface area contributed by atoms with Gasteiger partial charge >= 0.3 is 11.8 Å². The van der Waals surface area contributed by atoms with E-state index in [1.807, 2.05) is 0 Å². The molecule has 1 aromatic heterocycles. The van der Waals surface area contributed by atoms with Crippen LogP contribution in [0.25, 0.3) is 0 Å². The highest BCUT2D eigenvalue weighted by molar-refractivity contribution is 6.39. The summed E-state index contributed by atoms with van der Waals surface area (Å²) in [5.41, 5.74) is 8.45. The third kappa shape index (κ3) is 5.39. The molecular formula is C21H19N5O3. The van der Waals surface area contributed by atoms with Crippen molar-refractivity contribution in [3.8, 4) is 0 Å². The second-order valence-electron chi connectivity index (χ2n) is 6.12. The highest BCUT2D eigenvalue weighted by Gasteiger charge is 2.13. The van der Waals surface area contributed by atoms with Gasteiger partial charge in [0.2, 0.25) is 0 Å². The molecule has 2 aromatic carbocycles. The molecule has 0 radical (unpaired) electrons. The number of carbonyl (C=O) groups excluding carboxylic acids is 3. The quantitative estimate of drug-likeness (QED) is 0.393. The molecule has 0 saturated heterocycles. The summed E-state index contributed by atoms with van der Waals surface area (Å²) >= 11 is 0. The van der Waals surface area contributed by atoms with E-state index >= 15 is 0 Å². The molecule has 146 valence electrons. The minimum absolute atomic E-state index is 0.146. The third-order valence-electron chi connectivity index (χ3n) is 4.00. The Hall–Kier alpha value is -4.20. The summed E-state index contributed by atoms with van der Waals surface area (Å²) in [5.74, 6) is -1.85. The lowest BCUT2D eigenvalue weighted by Crippen LogP contribution is -2.34. The van der Waals surface area contributed by atoms with Crippen LogP contribution >= 0.6 is 0 Å². The fraction of sp³-hybridized carbons (Fsp3) is 0.0476. The topological polar surface area (TPSA) is 126 Å². The van der Waals surface area contributed by atoms with E-state index in [1.54, 1.807) is 66.9 Å². The van der Waals surface area contributed by atoms with Gasteiger partial charge in [-0.05, 0) is 42.0 Å². The molecular weight excluding hydrogens is 370 g/mol. The van der Waals surface area contributed by atoms with Crippen LogP contribution in [-0.4, -0.2) is 22.7 Å². The number of hydrogen-bond donors (Lipinski definition) is 4. The first-order valence-corrected chi connectivity index (χ1v) is 8.77. The maximum atomic E-state index is 12.3. The summed E-state index contributed by atoms with van der Waals surface area (Å²) in [5, 5.41) is 7.72. The van der Waals surface area contributed by atoms with Crippen LogP contribution in [0, 0.1) is 0 Å². The standard InChI is InChI=1S/C21H19N5O3/c22-17-5-1-2-6-18(17)26-19(27)15-9-7-14(8-10-15)12-24-20(28)21(29)25-16-4-3-11-23-13-16/h1-11,13H,12,22H2,(H,24,28)(H,25,29)(H,26,27). The zero-order valence-corrected chi connectivity index (χ0v) is 15.4. The van der Waals surface area contributed by atoms with E-state index in [1.165, 1.54) is 6.20 Å². The molecule has 0 saturated carbocycles. The lowest BCUT2D eigenvalue weighted by atomic mass is 10.1. The molecule has 0 unspecified atom stereocenters. The summed E-state index contributed by atoms with van der Waals surface area (Å²) in [6.45, 7) is 0.146. The zero-order chi connectivity index (χ0) is 20.6. The number of amides is 3. The van der Waals surface area contributed by atoms with Crippen molar-refractivity contribution >= 4 is 34.8 Å². The number of aromatic nitrogens is 1. The summed E-state index contributed by atoms with van der Waals surface area (Å²) in [4.78, 5) is 39.9. The molecule has 0 aliphatic carbocycles. The number of nitrogens with zero attached hydrogens (tertiary/aromatic N) is 1. The van der Waals surface area contributed by atoms with Gasteiger partial charge in [0.15, 0.2) is 0 Å². The average molecular weight is 389 g/mol. The summed E-state index contributed by atoms with van der Waals surface area (Å²) in [7, 11) is 0. The van der Waals surface area contributed by atoms with Gasteiger partial charge < -0.3 is 21.7 Å². The van der Waals surface area contributed by atoms with Crippen molar-refractivity contribution < 1.29 is 14.4 Å². The number of nitrogen functional groups attached to an aromatic ring is 1. The van der Waals surface area contributed by atoms with Crippen molar-refractivity contribution in [1.82, 2.24) is 10.3 Å². The number of para-hydroxylation sites is 2. The lowest BCUT2D eigenvalue weighted by molar-refractivity contribution is -0.136. The second kappa shape index (κ2) is 9.14. The van der Waals surface area contributed by atoms with Crippen LogP contribution in [-0.2, 0) is 16.1 Å². The van der Waals surface area contributed by atoms with E-state index in [0.29, 0.717) is 22.6 Å². The summed E-state index contributed by atoms with van der Waals surface area (Å²) in [6, 6.07) is 16.9. The average Bonchev–Trinajstić information content (AvgIpc) is 2.74. The Morgan fingerprint density at radius 3 is 2.31 bits per heavy atom. The van der Waals surface area contributed by atoms with Gasteiger partial charge in [-0.3, -0.25) is 19.4 Å². The maximum absolute atomic E-state index is 12.3. The molecule has 0 fully saturated rings. The van der Waals surface area contributed by atoms with Gasteiger partial charge in [-0.25, -0.2) is 0 Å². The van der Waals surface area contributed by atoms with Crippen LogP contribution in [0.1, 0.15) is 15.9 Å². The highest BCUT2D eigenvalue weighted by atomic mass is 16.2. The second-order valence-corrected chi connectivity index (χ2v) is 6.12. The molecule has 3 amide bonds. The first kappa shape index (κ1) is 19.6. The Morgan fingerprint density at radius 1 is 0.862 bits per heavy atom. The van der Waals surface area contributed by atoms with E-state index in [4.69, 9.17) is 5.73 Å². The molecule has 3 rings (SSSR count). The van der Waals surface area contributed by atoms with Crippen molar-refractivity contribution in [1.29, 1.82) is 0 Å². The van der Waals surface area contributed by atoms with E-state index in [-0.39, 0.29) is 12.5 Å². The predicted octanol–water partition coefficient (Wildman–Crippen LogP) is 2.17. The summed E-state index contributed by atoms with van der Waals surface area (Å²) in [6.07, 6.45) is 3.01. The molecule has 0 atom stereocenters. The number of hydrogen-bond acceptors (Lipinski definition) is 5.